The van der Waals surface area contributed by atoms with Gasteiger partial charge in [0.1, 0.15) is 27.7 Å². The number of fused-ring (bicyclic) bond motifs is 1. The van der Waals surface area contributed by atoms with Crippen LogP contribution in [0.25, 0.3) is 11.0 Å². The summed E-state index contributed by atoms with van der Waals surface area (Å²) in [5.41, 5.74) is 3.94. The van der Waals surface area contributed by atoms with E-state index in [4.69, 9.17) is 20.0 Å². The number of anilines is 1. The molecule has 0 spiro atoms. The van der Waals surface area contributed by atoms with Crippen LogP contribution in [0.5, 0.6) is 11.5 Å². The Hall–Kier alpha value is -3.33. The molecular weight excluding hydrogens is 362 g/mol. The molecule has 134 valence electrons. The van der Waals surface area contributed by atoms with Gasteiger partial charge in [0.2, 0.25) is 11.2 Å². The first kappa shape index (κ1) is 17.5. The van der Waals surface area contributed by atoms with Crippen molar-refractivity contribution < 1.29 is 27.5 Å². The van der Waals surface area contributed by atoms with E-state index in [0.29, 0.717) is 5.75 Å². The van der Waals surface area contributed by atoms with E-state index >= 15 is 0 Å². The first-order valence-corrected chi connectivity index (χ1v) is 9.14. The van der Waals surface area contributed by atoms with Crippen molar-refractivity contribution in [3.8, 4) is 11.5 Å². The van der Waals surface area contributed by atoms with Gasteiger partial charge in [0.05, 0.1) is 5.39 Å². The van der Waals surface area contributed by atoms with Gasteiger partial charge in [0, 0.05) is 12.3 Å². The Balaban J connectivity index is 2.33. The summed E-state index contributed by atoms with van der Waals surface area (Å²) < 4.78 is 35.0. The van der Waals surface area contributed by atoms with Crippen molar-refractivity contribution in [3.05, 3.63) is 58.4 Å². The van der Waals surface area contributed by atoms with Gasteiger partial charge < -0.3 is 20.0 Å². The van der Waals surface area contributed by atoms with E-state index in [1.165, 1.54) is 6.07 Å². The Bertz CT molecular complexity index is 1180. The fourth-order valence-electron chi connectivity index (χ4n) is 2.36. The van der Waals surface area contributed by atoms with Crippen LogP contribution in [-0.4, -0.2) is 25.7 Å². The molecule has 0 atom stereocenters. The molecule has 3 N–H and O–H groups in total. The number of nitrogens with two attached hydrogens (primary N) is 1. The van der Waals surface area contributed by atoms with E-state index in [9.17, 15) is 18.0 Å². The number of rotatable bonds is 4. The molecule has 0 saturated carbocycles. The number of carbonyl (C=O) groups is 1. The number of benzene rings is 2. The van der Waals surface area contributed by atoms with Gasteiger partial charge in [-0.2, -0.15) is 0 Å². The highest BCUT2D eigenvalue weighted by molar-refractivity contribution is 7.90. The zero-order valence-corrected chi connectivity index (χ0v) is 14.2. The van der Waals surface area contributed by atoms with E-state index < -0.39 is 32.7 Å². The molecule has 0 bridgehead atoms. The molecule has 2 aromatic carbocycles. The molecule has 0 amide bonds. The minimum absolute atomic E-state index is 0.0918. The van der Waals surface area contributed by atoms with Crippen molar-refractivity contribution in [1.29, 1.82) is 0 Å². The molecule has 0 saturated heterocycles. The lowest BCUT2D eigenvalue weighted by Crippen LogP contribution is -2.15. The Labute approximate surface area is 147 Å². The van der Waals surface area contributed by atoms with Crippen LogP contribution < -0.4 is 15.9 Å². The molecule has 0 aliphatic carbocycles. The summed E-state index contributed by atoms with van der Waals surface area (Å²) in [5.74, 6) is -2.03. The predicted octanol–water partition coefficient (Wildman–Crippen LogP) is 2.27. The largest absolute Gasteiger partial charge is 0.475 e. The lowest BCUT2D eigenvalue weighted by Gasteiger charge is -2.12. The second-order valence-electron chi connectivity index (χ2n) is 5.46. The number of nitrogen functional groups attached to an aromatic ring is 1. The predicted molar refractivity (Wildman–Crippen MR) is 93.5 cm³/mol. The van der Waals surface area contributed by atoms with Crippen LogP contribution in [0.3, 0.4) is 0 Å². The standard InChI is InChI=1S/C17H13NO7S/c1-26(22,23)13-8-11-10(15(19)14(18)16(25-11)17(20)21)7-12(13)24-9-5-3-2-4-6-9/h2-8H,18H2,1H3,(H,20,21). The molecule has 1 heterocycles. The van der Waals surface area contributed by atoms with E-state index in [2.05, 4.69) is 0 Å². The maximum atomic E-state index is 12.4. The molecule has 0 fully saturated rings. The minimum atomic E-state index is -3.77. The van der Waals surface area contributed by atoms with Crippen molar-refractivity contribution in [2.75, 3.05) is 12.0 Å². The van der Waals surface area contributed by atoms with Crippen LogP contribution in [0.4, 0.5) is 5.69 Å². The summed E-state index contributed by atoms with van der Waals surface area (Å²) in [4.78, 5) is 23.3. The molecule has 9 heteroatoms. The fourth-order valence-corrected chi connectivity index (χ4v) is 3.15. The molecule has 1 aromatic heterocycles. The highest BCUT2D eigenvalue weighted by atomic mass is 32.2. The van der Waals surface area contributed by atoms with Gasteiger partial charge in [-0.15, -0.1) is 0 Å². The SMILES string of the molecule is CS(=O)(=O)c1cc2oc(C(=O)O)c(N)c(=O)c2cc1Oc1ccccc1. The third-order valence-electron chi connectivity index (χ3n) is 3.56. The Morgan fingerprint density at radius 2 is 1.85 bits per heavy atom. The van der Waals surface area contributed by atoms with Gasteiger partial charge >= 0.3 is 5.97 Å². The summed E-state index contributed by atoms with van der Waals surface area (Å²) in [7, 11) is -3.77. The third kappa shape index (κ3) is 3.11. The Morgan fingerprint density at radius 3 is 2.42 bits per heavy atom. The van der Waals surface area contributed by atoms with Crippen molar-refractivity contribution in [2.24, 2.45) is 0 Å². The summed E-state index contributed by atoms with van der Waals surface area (Å²) >= 11 is 0. The first-order chi connectivity index (χ1) is 12.2. The molecule has 0 aliphatic heterocycles. The van der Waals surface area contributed by atoms with Crippen molar-refractivity contribution in [1.82, 2.24) is 0 Å². The summed E-state index contributed by atoms with van der Waals surface area (Å²) in [6.07, 6.45) is 0.958. The number of para-hydroxylation sites is 1. The third-order valence-corrected chi connectivity index (χ3v) is 4.67. The van der Waals surface area contributed by atoms with Crippen LogP contribution in [-0.2, 0) is 9.84 Å². The number of hydrogen-bond donors (Lipinski definition) is 2. The Kier molecular flexibility index (Phi) is 4.17. The number of carboxylic acid groups (broad SMARTS) is 1. The molecule has 0 radical (unpaired) electrons. The quantitative estimate of drug-likeness (QED) is 0.708. The zero-order chi connectivity index (χ0) is 19.1. The first-order valence-electron chi connectivity index (χ1n) is 7.25. The summed E-state index contributed by atoms with van der Waals surface area (Å²) in [5, 5.41) is 8.98. The second-order valence-corrected chi connectivity index (χ2v) is 7.45. The van der Waals surface area contributed by atoms with Gasteiger partial charge in [-0.3, -0.25) is 4.79 Å². The van der Waals surface area contributed by atoms with E-state index in [1.807, 2.05) is 0 Å². The highest BCUT2D eigenvalue weighted by Gasteiger charge is 2.23. The molecule has 0 unspecified atom stereocenters. The smallest absolute Gasteiger partial charge is 0.374 e. The maximum Gasteiger partial charge on any atom is 0.374 e. The molecule has 26 heavy (non-hydrogen) atoms. The highest BCUT2D eigenvalue weighted by Crippen LogP contribution is 2.33. The van der Waals surface area contributed by atoms with Gasteiger partial charge in [-0.1, -0.05) is 18.2 Å². The van der Waals surface area contributed by atoms with Crippen LogP contribution in [0.15, 0.2) is 56.6 Å². The number of carboxylic acids is 1. The lowest BCUT2D eigenvalue weighted by atomic mass is 10.2. The number of sulfone groups is 1. The number of hydrogen-bond acceptors (Lipinski definition) is 7. The van der Waals surface area contributed by atoms with Crippen molar-refractivity contribution >= 4 is 32.5 Å². The van der Waals surface area contributed by atoms with Crippen LogP contribution in [0.2, 0.25) is 0 Å². The summed E-state index contributed by atoms with van der Waals surface area (Å²) in [6.45, 7) is 0. The molecule has 0 aliphatic rings. The maximum absolute atomic E-state index is 12.4. The molecule has 3 rings (SSSR count). The van der Waals surface area contributed by atoms with Gasteiger partial charge in [-0.25, -0.2) is 13.2 Å². The van der Waals surface area contributed by atoms with Gasteiger partial charge in [0.25, 0.3) is 0 Å². The van der Waals surface area contributed by atoms with E-state index in [-0.39, 0.29) is 21.6 Å². The van der Waals surface area contributed by atoms with Crippen LogP contribution >= 0.6 is 0 Å². The van der Waals surface area contributed by atoms with Crippen LogP contribution in [0.1, 0.15) is 10.6 Å². The Morgan fingerprint density at radius 1 is 1.19 bits per heavy atom. The second kappa shape index (κ2) is 6.19. The topological polar surface area (TPSA) is 137 Å². The van der Waals surface area contributed by atoms with Crippen molar-refractivity contribution in [3.63, 3.8) is 0 Å². The number of aromatic carboxylic acids is 1. The van der Waals surface area contributed by atoms with Gasteiger partial charge in [-0.05, 0) is 18.2 Å². The van der Waals surface area contributed by atoms with Gasteiger partial charge in [0.15, 0.2) is 9.84 Å². The fraction of sp³-hybridized carbons (Fsp3) is 0.0588. The minimum Gasteiger partial charge on any atom is -0.475 e. The monoisotopic (exact) mass is 375 g/mol. The lowest BCUT2D eigenvalue weighted by molar-refractivity contribution is 0.0665. The van der Waals surface area contributed by atoms with E-state index in [1.54, 1.807) is 30.3 Å². The number of ether oxygens (including phenoxy) is 1. The average Bonchev–Trinajstić information content (AvgIpc) is 2.57. The molecule has 8 nitrogen and oxygen atoms in total. The average molecular weight is 375 g/mol. The zero-order valence-electron chi connectivity index (χ0n) is 13.4. The van der Waals surface area contributed by atoms with E-state index in [0.717, 1.165) is 12.3 Å². The van der Waals surface area contributed by atoms with Crippen LogP contribution in [0, 0.1) is 0 Å². The summed E-state index contributed by atoms with van der Waals surface area (Å²) in [6, 6.07) is 10.6. The van der Waals surface area contributed by atoms with Crippen molar-refractivity contribution in [2.45, 2.75) is 4.90 Å². The normalized spacial score (nSPS) is 11.4. The molecular formula is C17H13NO7S. The molecule has 3 aromatic rings.